The summed E-state index contributed by atoms with van der Waals surface area (Å²) < 4.78 is 5.45. The predicted molar refractivity (Wildman–Crippen MR) is 46.3 cm³/mol. The molecule has 2 N–H and O–H groups in total. The molecule has 6 heteroatoms. The van der Waals surface area contributed by atoms with Gasteiger partial charge in [-0.1, -0.05) is 11.3 Å². The summed E-state index contributed by atoms with van der Waals surface area (Å²) in [6.07, 6.45) is 0. The molecule has 0 spiro atoms. The molecule has 11 heavy (non-hydrogen) atoms. The van der Waals surface area contributed by atoms with Crippen molar-refractivity contribution in [3.05, 3.63) is 3.95 Å². The third-order valence-corrected chi connectivity index (χ3v) is 1.77. The first-order valence-corrected chi connectivity index (χ1v) is 4.22. The Hall–Kier alpha value is -0.750. The molecule has 0 atom stereocenters. The standard InChI is InChI=1S/C5H7N3OS2/c1-2-9-4-7-3(6)11-5(10)8-4/h2H2,1H3,(H2,6,7,8,10). The molecule has 0 fully saturated rings. The first-order valence-electron chi connectivity index (χ1n) is 3.00. The molecule has 4 nitrogen and oxygen atoms in total. The third kappa shape index (κ3) is 2.39. The summed E-state index contributed by atoms with van der Waals surface area (Å²) in [5.74, 6) is 0. The normalized spacial score (nSPS) is 9.55. The van der Waals surface area contributed by atoms with E-state index < -0.39 is 0 Å². The Labute approximate surface area is 73.1 Å². The predicted octanol–water partition coefficient (Wildman–Crippen LogP) is 1.25. The van der Waals surface area contributed by atoms with Gasteiger partial charge >= 0.3 is 6.01 Å². The molecule has 0 aromatic carbocycles. The van der Waals surface area contributed by atoms with Crippen LogP contribution in [0.15, 0.2) is 0 Å². The Morgan fingerprint density at radius 2 is 2.36 bits per heavy atom. The van der Waals surface area contributed by atoms with Crippen molar-refractivity contribution in [3.63, 3.8) is 0 Å². The summed E-state index contributed by atoms with van der Waals surface area (Å²) in [5.41, 5.74) is 5.41. The van der Waals surface area contributed by atoms with E-state index in [9.17, 15) is 0 Å². The average Bonchev–Trinajstić information content (AvgIpc) is 1.85. The van der Waals surface area contributed by atoms with E-state index in [1.807, 2.05) is 6.92 Å². The van der Waals surface area contributed by atoms with E-state index in [0.29, 0.717) is 15.7 Å². The molecule has 0 radical (unpaired) electrons. The van der Waals surface area contributed by atoms with Crippen molar-refractivity contribution >= 4 is 28.7 Å². The van der Waals surface area contributed by atoms with Gasteiger partial charge in [-0.3, -0.25) is 0 Å². The second kappa shape index (κ2) is 3.59. The zero-order valence-corrected chi connectivity index (χ0v) is 7.54. The fourth-order valence-corrected chi connectivity index (χ4v) is 1.29. The number of hydrogen-bond acceptors (Lipinski definition) is 6. The average molecular weight is 189 g/mol. The minimum absolute atomic E-state index is 0.258. The summed E-state index contributed by atoms with van der Waals surface area (Å²) in [6, 6.07) is 0.258. The van der Waals surface area contributed by atoms with Crippen LogP contribution in [-0.4, -0.2) is 16.6 Å². The van der Waals surface area contributed by atoms with Crippen molar-refractivity contribution in [2.45, 2.75) is 6.92 Å². The Bertz CT molecular complexity index is 298. The highest BCUT2D eigenvalue weighted by Gasteiger charge is 1.97. The molecule has 0 saturated heterocycles. The lowest BCUT2D eigenvalue weighted by molar-refractivity contribution is 0.313. The number of ether oxygens (including phenoxy) is 1. The van der Waals surface area contributed by atoms with Crippen LogP contribution in [0.1, 0.15) is 6.92 Å². The molecular weight excluding hydrogens is 182 g/mol. The summed E-state index contributed by atoms with van der Waals surface area (Å²) in [6.45, 7) is 2.36. The molecule has 60 valence electrons. The van der Waals surface area contributed by atoms with Crippen LogP contribution in [0.25, 0.3) is 0 Å². The number of hydrogen-bond donors (Lipinski definition) is 1. The number of anilines is 1. The molecule has 0 bridgehead atoms. The molecule has 1 heterocycles. The summed E-state index contributed by atoms with van der Waals surface area (Å²) in [5, 5.41) is 0.383. The van der Waals surface area contributed by atoms with Crippen LogP contribution in [0.4, 0.5) is 5.13 Å². The molecule has 0 aliphatic carbocycles. The van der Waals surface area contributed by atoms with E-state index in [2.05, 4.69) is 9.97 Å². The SMILES string of the molecule is CCOc1nc(N)sc(=S)n1. The van der Waals surface area contributed by atoms with E-state index in [0.717, 1.165) is 11.3 Å². The van der Waals surface area contributed by atoms with Crippen LogP contribution in [0.2, 0.25) is 0 Å². The smallest absolute Gasteiger partial charge is 0.321 e. The Morgan fingerprint density at radius 1 is 1.64 bits per heavy atom. The Morgan fingerprint density at radius 3 is 2.91 bits per heavy atom. The van der Waals surface area contributed by atoms with Gasteiger partial charge in [0, 0.05) is 0 Å². The molecule has 0 saturated carbocycles. The maximum absolute atomic E-state index is 5.41. The fraction of sp³-hybridized carbons (Fsp3) is 0.400. The monoisotopic (exact) mass is 189 g/mol. The second-order valence-corrected chi connectivity index (χ2v) is 3.30. The van der Waals surface area contributed by atoms with Gasteiger partial charge < -0.3 is 10.5 Å². The molecule has 1 aromatic rings. The molecule has 0 unspecified atom stereocenters. The quantitative estimate of drug-likeness (QED) is 0.709. The molecular formula is C5H7N3OS2. The number of nitrogens with two attached hydrogens (primary N) is 1. The Balaban J connectivity index is 2.99. The summed E-state index contributed by atoms with van der Waals surface area (Å²) in [4.78, 5) is 7.66. The maximum atomic E-state index is 5.41. The van der Waals surface area contributed by atoms with Crippen molar-refractivity contribution in [2.75, 3.05) is 12.3 Å². The molecule has 1 rings (SSSR count). The lowest BCUT2D eigenvalue weighted by Crippen LogP contribution is -1.98. The van der Waals surface area contributed by atoms with Gasteiger partial charge in [0.1, 0.15) is 0 Å². The lowest BCUT2D eigenvalue weighted by Gasteiger charge is -1.98. The van der Waals surface area contributed by atoms with E-state index >= 15 is 0 Å². The molecule has 1 aromatic heterocycles. The zero-order chi connectivity index (χ0) is 8.27. The molecule has 0 aliphatic heterocycles. The van der Waals surface area contributed by atoms with E-state index in [-0.39, 0.29) is 6.01 Å². The zero-order valence-electron chi connectivity index (χ0n) is 5.90. The van der Waals surface area contributed by atoms with Crippen LogP contribution >= 0.6 is 23.6 Å². The number of rotatable bonds is 2. The topological polar surface area (TPSA) is 61.0 Å². The third-order valence-electron chi connectivity index (χ3n) is 0.858. The van der Waals surface area contributed by atoms with Crippen LogP contribution in [0.3, 0.4) is 0 Å². The van der Waals surface area contributed by atoms with Crippen LogP contribution < -0.4 is 10.5 Å². The highest BCUT2D eigenvalue weighted by Crippen LogP contribution is 2.11. The van der Waals surface area contributed by atoms with Gasteiger partial charge in [0.25, 0.3) is 0 Å². The van der Waals surface area contributed by atoms with Crippen molar-refractivity contribution in [1.29, 1.82) is 0 Å². The number of nitrogens with zero attached hydrogens (tertiary/aromatic N) is 2. The van der Waals surface area contributed by atoms with Crippen LogP contribution in [0, 0.1) is 3.95 Å². The van der Waals surface area contributed by atoms with Crippen LogP contribution in [-0.2, 0) is 0 Å². The first kappa shape index (κ1) is 8.35. The molecule has 0 amide bonds. The number of aromatic nitrogens is 2. The largest absolute Gasteiger partial charge is 0.464 e. The van der Waals surface area contributed by atoms with Crippen molar-refractivity contribution in [3.8, 4) is 6.01 Å². The van der Waals surface area contributed by atoms with E-state index in [1.165, 1.54) is 0 Å². The summed E-state index contributed by atoms with van der Waals surface area (Å²) >= 11 is 5.97. The highest BCUT2D eigenvalue weighted by molar-refractivity contribution is 7.73. The van der Waals surface area contributed by atoms with Gasteiger partial charge in [0.2, 0.25) is 0 Å². The minimum atomic E-state index is 0.258. The van der Waals surface area contributed by atoms with Gasteiger partial charge in [0.05, 0.1) is 6.61 Å². The number of nitrogen functional groups attached to an aromatic ring is 1. The maximum Gasteiger partial charge on any atom is 0.321 e. The highest BCUT2D eigenvalue weighted by atomic mass is 32.1. The lowest BCUT2D eigenvalue weighted by atomic mass is 10.9. The van der Waals surface area contributed by atoms with Crippen molar-refractivity contribution < 1.29 is 4.74 Å². The van der Waals surface area contributed by atoms with E-state index in [4.69, 9.17) is 22.7 Å². The minimum Gasteiger partial charge on any atom is -0.464 e. The Kier molecular flexibility index (Phi) is 2.72. The van der Waals surface area contributed by atoms with Gasteiger partial charge in [-0.2, -0.15) is 9.97 Å². The first-order chi connectivity index (χ1) is 5.22. The second-order valence-electron chi connectivity index (χ2n) is 1.65. The van der Waals surface area contributed by atoms with Gasteiger partial charge in [-0.05, 0) is 19.1 Å². The van der Waals surface area contributed by atoms with Crippen LogP contribution in [0.5, 0.6) is 6.01 Å². The van der Waals surface area contributed by atoms with Crippen molar-refractivity contribution in [1.82, 2.24) is 9.97 Å². The van der Waals surface area contributed by atoms with Crippen molar-refractivity contribution in [2.24, 2.45) is 0 Å². The fourth-order valence-electron chi connectivity index (χ4n) is 0.526. The molecule has 0 aliphatic rings. The van der Waals surface area contributed by atoms with Gasteiger partial charge in [-0.15, -0.1) is 0 Å². The van der Waals surface area contributed by atoms with E-state index in [1.54, 1.807) is 0 Å². The summed E-state index contributed by atoms with van der Waals surface area (Å²) in [7, 11) is 0. The van der Waals surface area contributed by atoms with Gasteiger partial charge in [0.15, 0.2) is 9.09 Å². The van der Waals surface area contributed by atoms with Gasteiger partial charge in [-0.25, -0.2) is 0 Å².